The van der Waals surface area contributed by atoms with Gasteiger partial charge in [-0.25, -0.2) is 12.7 Å². The first-order chi connectivity index (χ1) is 10.0. The van der Waals surface area contributed by atoms with Crippen LogP contribution in [0.1, 0.15) is 32.6 Å². The Balaban J connectivity index is 1.95. The van der Waals surface area contributed by atoms with Crippen molar-refractivity contribution in [3.63, 3.8) is 0 Å². The van der Waals surface area contributed by atoms with Crippen LogP contribution < -0.4 is 5.32 Å². The van der Waals surface area contributed by atoms with Gasteiger partial charge >= 0.3 is 0 Å². The lowest BCUT2D eigenvalue weighted by Gasteiger charge is -2.31. The van der Waals surface area contributed by atoms with Crippen molar-refractivity contribution >= 4 is 32.4 Å². The van der Waals surface area contributed by atoms with Crippen molar-refractivity contribution in [2.24, 2.45) is 5.92 Å². The van der Waals surface area contributed by atoms with Gasteiger partial charge in [0.15, 0.2) is 0 Å². The van der Waals surface area contributed by atoms with Gasteiger partial charge in [-0.3, -0.25) is 4.79 Å². The summed E-state index contributed by atoms with van der Waals surface area (Å²) in [7, 11) is -3.25. The highest BCUT2D eigenvalue weighted by Gasteiger charge is 2.32. The molecule has 21 heavy (non-hydrogen) atoms. The van der Waals surface area contributed by atoms with Gasteiger partial charge in [-0.2, -0.15) is 0 Å². The third-order valence-electron chi connectivity index (χ3n) is 3.49. The second-order valence-electron chi connectivity index (χ2n) is 5.10. The van der Waals surface area contributed by atoms with Gasteiger partial charge in [0.25, 0.3) is 0 Å². The second-order valence-corrected chi connectivity index (χ2v) is 8.02. The molecule has 0 aromatic carbocycles. The predicted molar refractivity (Wildman–Crippen MR) is 81.5 cm³/mol. The molecule has 2 rings (SSSR count). The molecule has 1 saturated heterocycles. The van der Waals surface area contributed by atoms with E-state index in [2.05, 4.69) is 15.5 Å². The number of hydrogen-bond donors (Lipinski definition) is 1. The van der Waals surface area contributed by atoms with Crippen LogP contribution in [-0.4, -0.2) is 47.7 Å². The molecule has 0 saturated carbocycles. The summed E-state index contributed by atoms with van der Waals surface area (Å²) in [5.41, 5.74) is 1.54. The average Bonchev–Trinajstić information content (AvgIpc) is 2.98. The molecule has 1 aliphatic heterocycles. The molecule has 0 spiro atoms. The minimum absolute atomic E-state index is 0.161. The van der Waals surface area contributed by atoms with Crippen molar-refractivity contribution in [3.8, 4) is 0 Å². The highest BCUT2D eigenvalue weighted by Crippen LogP contribution is 2.22. The molecule has 1 amide bonds. The summed E-state index contributed by atoms with van der Waals surface area (Å²) in [4.78, 5) is 12.2. The Kier molecular flexibility index (Phi) is 5.65. The fourth-order valence-corrected chi connectivity index (χ4v) is 4.47. The van der Waals surface area contributed by atoms with Gasteiger partial charge in [0.1, 0.15) is 5.51 Å². The molecule has 0 unspecified atom stereocenters. The molecule has 9 heteroatoms. The fourth-order valence-electron chi connectivity index (χ4n) is 2.30. The molecule has 118 valence electrons. The SMILES string of the molecule is CCCCS(=O)(=O)N1CCC[C@H](C(=O)Nc2nncs2)C1. The van der Waals surface area contributed by atoms with Crippen molar-refractivity contribution < 1.29 is 13.2 Å². The number of hydrogen-bond acceptors (Lipinski definition) is 6. The molecule has 1 aromatic rings. The molecule has 1 aromatic heterocycles. The zero-order chi connectivity index (χ0) is 15.3. The van der Waals surface area contributed by atoms with Crippen LogP contribution in [0.3, 0.4) is 0 Å². The summed E-state index contributed by atoms with van der Waals surface area (Å²) >= 11 is 1.25. The molecule has 2 heterocycles. The van der Waals surface area contributed by atoms with Crippen molar-refractivity contribution in [2.45, 2.75) is 32.6 Å². The highest BCUT2D eigenvalue weighted by molar-refractivity contribution is 7.89. The highest BCUT2D eigenvalue weighted by atomic mass is 32.2. The van der Waals surface area contributed by atoms with Gasteiger partial charge in [0.05, 0.1) is 11.7 Å². The first kappa shape index (κ1) is 16.3. The number of aromatic nitrogens is 2. The number of nitrogens with zero attached hydrogens (tertiary/aromatic N) is 3. The third-order valence-corrected chi connectivity index (χ3v) is 6.02. The monoisotopic (exact) mass is 332 g/mol. The van der Waals surface area contributed by atoms with Gasteiger partial charge in [-0.1, -0.05) is 24.7 Å². The maximum Gasteiger partial charge on any atom is 0.230 e. The second kappa shape index (κ2) is 7.28. The lowest BCUT2D eigenvalue weighted by molar-refractivity contribution is -0.120. The zero-order valence-corrected chi connectivity index (χ0v) is 13.6. The van der Waals surface area contributed by atoms with Crippen LogP contribution in [0.4, 0.5) is 5.13 Å². The van der Waals surface area contributed by atoms with Crippen LogP contribution in [0, 0.1) is 5.92 Å². The van der Waals surface area contributed by atoms with Gasteiger partial charge in [0, 0.05) is 13.1 Å². The van der Waals surface area contributed by atoms with E-state index in [0.717, 1.165) is 6.42 Å². The molecule has 1 N–H and O–H groups in total. The van der Waals surface area contributed by atoms with Crippen LogP contribution in [-0.2, 0) is 14.8 Å². The lowest BCUT2D eigenvalue weighted by Crippen LogP contribution is -2.44. The number of carbonyl (C=O) groups excluding carboxylic acids is 1. The van der Waals surface area contributed by atoms with E-state index in [1.807, 2.05) is 6.92 Å². The third kappa shape index (κ3) is 4.45. The maximum absolute atomic E-state index is 12.2. The Morgan fingerprint density at radius 1 is 1.57 bits per heavy atom. The molecule has 1 fully saturated rings. The summed E-state index contributed by atoms with van der Waals surface area (Å²) in [5, 5.41) is 10.6. The molecule has 1 atom stereocenters. The number of unbranched alkanes of at least 4 members (excludes halogenated alkanes) is 1. The van der Waals surface area contributed by atoms with Gasteiger partial charge in [-0.15, -0.1) is 10.2 Å². The van der Waals surface area contributed by atoms with Crippen molar-refractivity contribution in [1.82, 2.24) is 14.5 Å². The largest absolute Gasteiger partial charge is 0.300 e. The summed E-state index contributed by atoms with van der Waals surface area (Å²) in [6.45, 7) is 2.73. The smallest absolute Gasteiger partial charge is 0.230 e. The van der Waals surface area contributed by atoms with E-state index in [1.165, 1.54) is 21.2 Å². The molecular formula is C12H20N4O3S2. The van der Waals surface area contributed by atoms with Gasteiger partial charge < -0.3 is 5.32 Å². The molecule has 1 aliphatic rings. The van der Waals surface area contributed by atoms with E-state index in [0.29, 0.717) is 30.9 Å². The van der Waals surface area contributed by atoms with Crippen LogP contribution in [0.2, 0.25) is 0 Å². The predicted octanol–water partition coefficient (Wildman–Crippen LogP) is 1.32. The number of sulfonamides is 1. The standard InChI is InChI=1S/C12H20N4O3S2/c1-2-3-7-21(18,19)16-6-4-5-10(8-16)11(17)14-12-15-13-9-20-12/h9-10H,2-8H2,1H3,(H,14,15,17)/t10-/m0/s1. The number of piperidine rings is 1. The van der Waals surface area contributed by atoms with Gasteiger partial charge in [0.2, 0.25) is 21.1 Å². The summed E-state index contributed by atoms with van der Waals surface area (Å²) in [6.07, 6.45) is 2.90. The number of nitrogens with one attached hydrogen (secondary N) is 1. The zero-order valence-electron chi connectivity index (χ0n) is 12.0. The van der Waals surface area contributed by atoms with E-state index in [-0.39, 0.29) is 24.1 Å². The molecule has 0 radical (unpaired) electrons. The summed E-state index contributed by atoms with van der Waals surface area (Å²) in [5.74, 6) is -0.338. The van der Waals surface area contributed by atoms with Crippen LogP contribution in [0.15, 0.2) is 5.51 Å². The average molecular weight is 332 g/mol. The van der Waals surface area contributed by atoms with E-state index < -0.39 is 10.0 Å². The lowest BCUT2D eigenvalue weighted by atomic mass is 9.99. The minimum atomic E-state index is -3.25. The van der Waals surface area contributed by atoms with E-state index in [9.17, 15) is 13.2 Å². The molecular weight excluding hydrogens is 312 g/mol. The van der Waals surface area contributed by atoms with Crippen LogP contribution in [0.5, 0.6) is 0 Å². The maximum atomic E-state index is 12.2. The Hall–Kier alpha value is -1.06. The molecule has 7 nitrogen and oxygen atoms in total. The minimum Gasteiger partial charge on any atom is -0.300 e. The quantitative estimate of drug-likeness (QED) is 0.848. The van der Waals surface area contributed by atoms with Crippen LogP contribution in [0.25, 0.3) is 0 Å². The summed E-state index contributed by atoms with van der Waals surface area (Å²) < 4.78 is 25.9. The normalized spacial score (nSPS) is 20.3. The topological polar surface area (TPSA) is 92.3 Å². The van der Waals surface area contributed by atoms with Crippen molar-refractivity contribution in [3.05, 3.63) is 5.51 Å². The first-order valence-corrected chi connectivity index (χ1v) is 9.56. The molecule has 0 bridgehead atoms. The first-order valence-electron chi connectivity index (χ1n) is 7.08. The Bertz CT molecular complexity index is 559. The number of carbonyl (C=O) groups is 1. The van der Waals surface area contributed by atoms with E-state index in [1.54, 1.807) is 0 Å². The number of rotatable bonds is 6. The Morgan fingerprint density at radius 2 is 2.38 bits per heavy atom. The van der Waals surface area contributed by atoms with Gasteiger partial charge in [-0.05, 0) is 19.3 Å². The van der Waals surface area contributed by atoms with E-state index >= 15 is 0 Å². The van der Waals surface area contributed by atoms with Crippen molar-refractivity contribution in [1.29, 1.82) is 0 Å². The number of amides is 1. The Morgan fingerprint density at radius 3 is 3.05 bits per heavy atom. The molecule has 0 aliphatic carbocycles. The Labute approximate surface area is 128 Å². The van der Waals surface area contributed by atoms with E-state index in [4.69, 9.17) is 0 Å². The number of anilines is 1. The van der Waals surface area contributed by atoms with Crippen molar-refractivity contribution in [2.75, 3.05) is 24.2 Å². The fraction of sp³-hybridized carbons (Fsp3) is 0.750. The van der Waals surface area contributed by atoms with Crippen LogP contribution >= 0.6 is 11.3 Å². The summed E-state index contributed by atoms with van der Waals surface area (Å²) in [6, 6.07) is 0.